The summed E-state index contributed by atoms with van der Waals surface area (Å²) >= 11 is 0. The number of ether oxygens (including phenoxy) is 1. The number of rotatable bonds is 8. The molecule has 0 saturated carbocycles. The molecule has 0 atom stereocenters. The number of hydrogen-bond acceptors (Lipinski definition) is 4. The van der Waals surface area contributed by atoms with E-state index in [4.69, 9.17) is 14.9 Å². The molecule has 0 aromatic rings. The summed E-state index contributed by atoms with van der Waals surface area (Å²) in [6.07, 6.45) is -0.519. The Bertz CT molecular complexity index is 829. The van der Waals surface area contributed by atoms with E-state index in [9.17, 15) is 14.4 Å². The van der Waals surface area contributed by atoms with E-state index in [0.717, 1.165) is 16.7 Å². The van der Waals surface area contributed by atoms with Crippen LogP contribution in [0.25, 0.3) is 11.1 Å². The fourth-order valence-electron chi connectivity index (χ4n) is 3.00. The normalized spacial score (nSPS) is 10.9. The second kappa shape index (κ2) is 9.21. The lowest BCUT2D eigenvalue weighted by Crippen LogP contribution is -2.39. The summed E-state index contributed by atoms with van der Waals surface area (Å²) in [5.74, 6) is -2.23. The Morgan fingerprint density at radius 1 is 1.00 bits per heavy atom. The van der Waals surface area contributed by atoms with Gasteiger partial charge in [0.05, 0.1) is 6.61 Å². The Hall–Kier alpha value is -3.09. The molecule has 2 aliphatic rings. The van der Waals surface area contributed by atoms with Crippen molar-refractivity contribution < 1.29 is 29.3 Å². The number of carbonyl (C=O) groups is 3. The van der Waals surface area contributed by atoms with E-state index in [1.165, 1.54) is 11.1 Å². The molecule has 7 nitrogen and oxygen atoms in total. The largest absolute Gasteiger partial charge is 0.480 e. The number of amides is 1. The van der Waals surface area contributed by atoms with Gasteiger partial charge in [-0.1, -0.05) is 44.2 Å². The fraction of sp³-hybridized carbons (Fsp3) is 0.381. The van der Waals surface area contributed by atoms with Crippen LogP contribution in [0.4, 0.5) is 4.79 Å². The number of aliphatic carboxylic acids is 2. The highest BCUT2D eigenvalue weighted by Gasteiger charge is 2.21. The smallest absolute Gasteiger partial charge is 0.410 e. The first kappa shape index (κ1) is 21.2. The number of fused-ring (bicyclic) bond motifs is 1. The third-order valence-electron chi connectivity index (χ3n) is 4.52. The molecule has 28 heavy (non-hydrogen) atoms. The Morgan fingerprint density at radius 3 is 2.21 bits per heavy atom. The molecule has 2 aliphatic carbocycles. The van der Waals surface area contributed by atoms with Crippen molar-refractivity contribution in [2.45, 2.75) is 33.1 Å². The van der Waals surface area contributed by atoms with E-state index in [2.05, 4.69) is 26.0 Å². The Kier molecular flexibility index (Phi) is 6.98. The van der Waals surface area contributed by atoms with Crippen molar-refractivity contribution in [2.75, 3.05) is 19.7 Å². The topological polar surface area (TPSA) is 104 Å². The predicted octanol–water partition coefficient (Wildman–Crippen LogP) is 3.37. The molecular weight excluding hydrogens is 362 g/mol. The lowest BCUT2D eigenvalue weighted by molar-refractivity contribution is -0.141. The standard InChI is InChI=1S/C21H25NO6/c1-13(2)16-6-5-15(17-7-4-14(3)18(17)10-16)8-9-28-21(27)22(11-19(23)24)12-20(25)26/h4-7,10,13H,8-9,11-12H2,1-3H3,(H,23,24)(H,25,26). The van der Waals surface area contributed by atoms with Crippen LogP contribution in [0.2, 0.25) is 0 Å². The van der Waals surface area contributed by atoms with Crippen LogP contribution in [0.15, 0.2) is 30.3 Å². The average molecular weight is 387 g/mol. The molecular formula is C21H25NO6. The molecule has 2 rings (SSSR count). The molecule has 0 aliphatic heterocycles. The van der Waals surface area contributed by atoms with Gasteiger partial charge < -0.3 is 14.9 Å². The highest BCUT2D eigenvalue weighted by Crippen LogP contribution is 2.32. The van der Waals surface area contributed by atoms with E-state index in [1.54, 1.807) is 0 Å². The maximum atomic E-state index is 12.1. The zero-order valence-electron chi connectivity index (χ0n) is 16.3. The molecule has 0 aromatic heterocycles. The summed E-state index contributed by atoms with van der Waals surface area (Å²) in [5, 5.41) is 17.7. The number of hydrogen-bond donors (Lipinski definition) is 2. The summed E-state index contributed by atoms with van der Waals surface area (Å²) in [4.78, 5) is 34.3. The van der Waals surface area contributed by atoms with Crippen molar-refractivity contribution in [2.24, 2.45) is 0 Å². The van der Waals surface area contributed by atoms with E-state index < -0.39 is 31.1 Å². The first-order valence-corrected chi connectivity index (χ1v) is 9.06. The SMILES string of the molecule is Cc1ccc2c(CCOC(=O)N(CC(=O)O)CC(=O)O)ccc(C(C)C)cc1-2. The minimum absolute atomic E-state index is 0.0227. The predicted molar refractivity (Wildman–Crippen MR) is 104 cm³/mol. The summed E-state index contributed by atoms with van der Waals surface area (Å²) in [6.45, 7) is 4.87. The molecule has 0 heterocycles. The molecule has 0 fully saturated rings. The first-order valence-electron chi connectivity index (χ1n) is 9.06. The zero-order valence-corrected chi connectivity index (χ0v) is 16.3. The van der Waals surface area contributed by atoms with Crippen LogP contribution in [0.5, 0.6) is 0 Å². The highest BCUT2D eigenvalue weighted by molar-refractivity contribution is 5.81. The number of aryl methyl sites for hydroxylation is 1. The number of carbonyl (C=O) groups excluding carboxylic acids is 1. The highest BCUT2D eigenvalue weighted by atomic mass is 16.6. The van der Waals surface area contributed by atoms with Crippen LogP contribution in [0.3, 0.4) is 0 Å². The van der Waals surface area contributed by atoms with Crippen molar-refractivity contribution in [1.82, 2.24) is 4.90 Å². The molecule has 0 aromatic carbocycles. The number of carboxylic acid groups (broad SMARTS) is 2. The first-order chi connectivity index (χ1) is 13.2. The van der Waals surface area contributed by atoms with Gasteiger partial charge in [-0.15, -0.1) is 0 Å². The van der Waals surface area contributed by atoms with Crippen molar-refractivity contribution in [3.63, 3.8) is 0 Å². The number of carboxylic acids is 2. The van der Waals surface area contributed by atoms with Crippen molar-refractivity contribution >= 4 is 18.0 Å². The van der Waals surface area contributed by atoms with E-state index in [-0.39, 0.29) is 6.61 Å². The second-order valence-corrected chi connectivity index (χ2v) is 7.01. The van der Waals surface area contributed by atoms with Gasteiger partial charge in [0.2, 0.25) is 0 Å². The molecule has 150 valence electrons. The molecule has 0 spiro atoms. The number of nitrogens with zero attached hydrogens (tertiary/aromatic N) is 1. The second-order valence-electron chi connectivity index (χ2n) is 7.01. The minimum atomic E-state index is -1.30. The van der Waals surface area contributed by atoms with Crippen molar-refractivity contribution in [3.8, 4) is 11.1 Å². The van der Waals surface area contributed by atoms with Crippen molar-refractivity contribution in [1.29, 1.82) is 0 Å². The zero-order chi connectivity index (χ0) is 20.8. The molecule has 2 N–H and O–H groups in total. The Labute approximate surface area is 163 Å². The molecule has 0 saturated heterocycles. The molecule has 0 unspecified atom stereocenters. The minimum Gasteiger partial charge on any atom is -0.480 e. The molecule has 7 heteroatoms. The maximum absolute atomic E-state index is 12.1. The fourth-order valence-corrected chi connectivity index (χ4v) is 3.00. The van der Waals surface area contributed by atoms with Gasteiger partial charge in [-0.05, 0) is 40.7 Å². The maximum Gasteiger partial charge on any atom is 0.410 e. The van der Waals surface area contributed by atoms with E-state index in [1.807, 2.05) is 25.1 Å². The Morgan fingerprint density at radius 2 is 1.64 bits per heavy atom. The quantitative estimate of drug-likeness (QED) is 0.720. The van der Waals surface area contributed by atoms with Crippen LogP contribution in [0.1, 0.15) is 36.5 Å². The van der Waals surface area contributed by atoms with Gasteiger partial charge in [-0.2, -0.15) is 0 Å². The van der Waals surface area contributed by atoms with Gasteiger partial charge in [0.15, 0.2) is 0 Å². The van der Waals surface area contributed by atoms with Gasteiger partial charge >= 0.3 is 18.0 Å². The third-order valence-corrected chi connectivity index (χ3v) is 4.52. The summed E-state index contributed by atoms with van der Waals surface area (Å²) in [6, 6.07) is 10.3. The Balaban J connectivity index is 2.11. The summed E-state index contributed by atoms with van der Waals surface area (Å²) < 4.78 is 5.13. The van der Waals surface area contributed by atoms with Crippen LogP contribution in [-0.2, 0) is 20.7 Å². The lowest BCUT2D eigenvalue weighted by Gasteiger charge is -2.18. The monoisotopic (exact) mass is 387 g/mol. The van der Waals surface area contributed by atoms with Crippen LogP contribution < -0.4 is 0 Å². The van der Waals surface area contributed by atoms with Gasteiger partial charge in [0.25, 0.3) is 0 Å². The average Bonchev–Trinajstić information content (AvgIpc) is 2.84. The summed E-state index contributed by atoms with van der Waals surface area (Å²) in [5.41, 5.74) is 5.60. The van der Waals surface area contributed by atoms with E-state index in [0.29, 0.717) is 17.2 Å². The van der Waals surface area contributed by atoms with Crippen LogP contribution >= 0.6 is 0 Å². The molecule has 0 radical (unpaired) electrons. The van der Waals surface area contributed by atoms with Gasteiger partial charge in [0.1, 0.15) is 13.1 Å². The van der Waals surface area contributed by atoms with Gasteiger partial charge in [0, 0.05) is 6.42 Å². The van der Waals surface area contributed by atoms with E-state index >= 15 is 0 Å². The molecule has 1 amide bonds. The van der Waals surface area contributed by atoms with Gasteiger partial charge in [-0.3, -0.25) is 14.5 Å². The van der Waals surface area contributed by atoms with Crippen molar-refractivity contribution in [3.05, 3.63) is 47.0 Å². The third kappa shape index (κ3) is 5.45. The van der Waals surface area contributed by atoms with Gasteiger partial charge in [-0.25, -0.2) is 4.79 Å². The molecule has 0 bridgehead atoms. The summed E-state index contributed by atoms with van der Waals surface area (Å²) in [7, 11) is 0. The lowest BCUT2D eigenvalue weighted by atomic mass is 10.0. The van der Waals surface area contributed by atoms with Crippen LogP contribution in [-0.4, -0.2) is 52.8 Å². The van der Waals surface area contributed by atoms with Crippen LogP contribution in [0, 0.1) is 6.92 Å².